The molecule has 1 N–H and O–H groups in total. The predicted octanol–water partition coefficient (Wildman–Crippen LogP) is 3.44. The molecule has 2 aromatic rings. The molecule has 1 atom stereocenters. The Labute approximate surface area is 177 Å². The van der Waals surface area contributed by atoms with Crippen molar-refractivity contribution in [2.24, 2.45) is 0 Å². The number of carbonyl (C=O) groups excluding carboxylic acids is 1. The van der Waals surface area contributed by atoms with Gasteiger partial charge in [-0.3, -0.25) is 4.79 Å². The minimum Gasteiger partial charge on any atom is -0.493 e. The lowest BCUT2D eigenvalue weighted by molar-refractivity contribution is -0.125. The Morgan fingerprint density at radius 3 is 2.00 bits per heavy atom. The number of carbonyl (C=O) groups is 1. The molecule has 0 radical (unpaired) electrons. The van der Waals surface area contributed by atoms with Crippen LogP contribution in [0.1, 0.15) is 37.5 Å². The van der Waals surface area contributed by atoms with E-state index in [1.807, 2.05) is 45.0 Å². The molecule has 0 aromatic heterocycles. The monoisotopic (exact) mass is 415 g/mol. The molecule has 3 rings (SSSR count). The quantitative estimate of drug-likeness (QED) is 0.747. The van der Waals surface area contributed by atoms with Crippen LogP contribution in [-0.4, -0.2) is 40.5 Å². The Morgan fingerprint density at radius 2 is 1.50 bits per heavy atom. The Kier molecular flexibility index (Phi) is 6.01. The standard InChI is InChI=1S/C23H29NO6/c1-13(2)30-20-15-12-24-22(25)23(3,16(15)8-9-17(20)26-4)14-10-18(27-5)21(29-7)19(11-14)28-6/h8-11,13H,12H2,1-7H3,(H,24,25). The molecule has 0 bridgehead atoms. The topological polar surface area (TPSA) is 75.3 Å². The Bertz CT molecular complexity index is 930. The first-order valence-corrected chi connectivity index (χ1v) is 9.77. The maximum Gasteiger partial charge on any atom is 0.235 e. The molecule has 1 aliphatic rings. The maximum atomic E-state index is 13.2. The number of hydrogen-bond donors (Lipinski definition) is 1. The molecule has 0 fully saturated rings. The molecule has 1 amide bonds. The van der Waals surface area contributed by atoms with Crippen LogP contribution in [0.5, 0.6) is 28.7 Å². The second-order valence-corrected chi connectivity index (χ2v) is 7.51. The lowest BCUT2D eigenvalue weighted by atomic mass is 9.71. The first-order valence-electron chi connectivity index (χ1n) is 9.77. The van der Waals surface area contributed by atoms with Gasteiger partial charge in [-0.15, -0.1) is 0 Å². The third-order valence-electron chi connectivity index (χ3n) is 5.46. The number of ether oxygens (including phenoxy) is 5. The van der Waals surface area contributed by atoms with Gasteiger partial charge in [0.05, 0.1) is 40.0 Å². The van der Waals surface area contributed by atoms with Gasteiger partial charge in [0.2, 0.25) is 11.7 Å². The van der Waals surface area contributed by atoms with Gasteiger partial charge in [-0.05, 0) is 50.1 Å². The van der Waals surface area contributed by atoms with Crippen molar-refractivity contribution in [3.05, 3.63) is 41.0 Å². The fraction of sp³-hybridized carbons (Fsp3) is 0.435. The minimum atomic E-state index is -0.998. The molecule has 30 heavy (non-hydrogen) atoms. The highest BCUT2D eigenvalue weighted by atomic mass is 16.5. The van der Waals surface area contributed by atoms with Crippen LogP contribution in [0.2, 0.25) is 0 Å². The zero-order valence-corrected chi connectivity index (χ0v) is 18.5. The SMILES string of the molecule is COc1cc(C2(C)C(=O)NCc3c2ccc(OC)c3OC(C)C)cc(OC)c1OC. The van der Waals surface area contributed by atoms with Crippen LogP contribution in [0.25, 0.3) is 0 Å². The summed E-state index contributed by atoms with van der Waals surface area (Å²) in [4.78, 5) is 13.2. The van der Waals surface area contributed by atoms with E-state index >= 15 is 0 Å². The van der Waals surface area contributed by atoms with E-state index in [-0.39, 0.29) is 12.0 Å². The molecular weight excluding hydrogens is 386 g/mol. The van der Waals surface area contributed by atoms with Gasteiger partial charge in [0, 0.05) is 12.1 Å². The molecule has 0 spiro atoms. The van der Waals surface area contributed by atoms with Crippen LogP contribution < -0.4 is 29.0 Å². The van der Waals surface area contributed by atoms with Crippen molar-refractivity contribution in [3.63, 3.8) is 0 Å². The fourth-order valence-electron chi connectivity index (χ4n) is 3.90. The maximum absolute atomic E-state index is 13.2. The number of fused-ring (bicyclic) bond motifs is 1. The molecule has 1 aliphatic heterocycles. The largest absolute Gasteiger partial charge is 0.493 e. The molecule has 0 saturated heterocycles. The van der Waals surface area contributed by atoms with E-state index in [1.165, 1.54) is 0 Å². The van der Waals surface area contributed by atoms with E-state index in [0.29, 0.717) is 35.3 Å². The highest BCUT2D eigenvalue weighted by Gasteiger charge is 2.44. The van der Waals surface area contributed by atoms with Crippen molar-refractivity contribution in [1.82, 2.24) is 5.32 Å². The number of nitrogens with one attached hydrogen (secondary N) is 1. The summed E-state index contributed by atoms with van der Waals surface area (Å²) in [7, 11) is 6.26. The summed E-state index contributed by atoms with van der Waals surface area (Å²) in [5.41, 5.74) is 1.45. The van der Waals surface area contributed by atoms with Gasteiger partial charge in [-0.1, -0.05) is 6.07 Å². The van der Waals surface area contributed by atoms with Gasteiger partial charge in [-0.2, -0.15) is 0 Å². The zero-order valence-electron chi connectivity index (χ0n) is 18.5. The average molecular weight is 415 g/mol. The summed E-state index contributed by atoms with van der Waals surface area (Å²) in [6.45, 7) is 6.15. The van der Waals surface area contributed by atoms with E-state index in [9.17, 15) is 4.79 Å². The highest BCUT2D eigenvalue weighted by Crippen LogP contribution is 2.48. The zero-order chi connectivity index (χ0) is 22.1. The summed E-state index contributed by atoms with van der Waals surface area (Å²) >= 11 is 0. The molecule has 1 unspecified atom stereocenters. The third-order valence-corrected chi connectivity index (χ3v) is 5.46. The Balaban J connectivity index is 2.28. The van der Waals surface area contributed by atoms with E-state index in [2.05, 4.69) is 5.32 Å². The number of amides is 1. The number of hydrogen-bond acceptors (Lipinski definition) is 6. The molecule has 1 heterocycles. The Hall–Kier alpha value is -3.09. The molecule has 162 valence electrons. The van der Waals surface area contributed by atoms with Crippen LogP contribution in [0, 0.1) is 0 Å². The summed E-state index contributed by atoms with van der Waals surface area (Å²) < 4.78 is 28.1. The molecule has 2 aromatic carbocycles. The lowest BCUT2D eigenvalue weighted by Gasteiger charge is -2.37. The molecule has 0 saturated carbocycles. The van der Waals surface area contributed by atoms with E-state index in [4.69, 9.17) is 23.7 Å². The number of benzene rings is 2. The average Bonchev–Trinajstić information content (AvgIpc) is 2.74. The molecule has 7 heteroatoms. The van der Waals surface area contributed by atoms with Gasteiger partial charge in [0.15, 0.2) is 23.0 Å². The Morgan fingerprint density at radius 1 is 0.900 bits per heavy atom. The van der Waals surface area contributed by atoms with E-state index < -0.39 is 5.41 Å². The lowest BCUT2D eigenvalue weighted by Crippen LogP contribution is -2.47. The first-order chi connectivity index (χ1) is 14.3. The third kappa shape index (κ3) is 3.38. The number of rotatable bonds is 7. The van der Waals surface area contributed by atoms with E-state index in [0.717, 1.165) is 16.7 Å². The van der Waals surface area contributed by atoms with Gasteiger partial charge < -0.3 is 29.0 Å². The summed E-state index contributed by atoms with van der Waals surface area (Å²) in [6, 6.07) is 7.38. The van der Waals surface area contributed by atoms with Gasteiger partial charge >= 0.3 is 0 Å². The normalized spacial score (nSPS) is 17.8. The molecule has 7 nitrogen and oxygen atoms in total. The van der Waals surface area contributed by atoms with E-state index in [1.54, 1.807) is 28.4 Å². The van der Waals surface area contributed by atoms with Gasteiger partial charge in [-0.25, -0.2) is 0 Å². The van der Waals surface area contributed by atoms with Crippen molar-refractivity contribution in [2.45, 2.75) is 38.8 Å². The molecular formula is C23H29NO6. The minimum absolute atomic E-state index is 0.0459. The van der Waals surface area contributed by atoms with Gasteiger partial charge in [0.1, 0.15) is 0 Å². The van der Waals surface area contributed by atoms with Crippen molar-refractivity contribution < 1.29 is 28.5 Å². The molecule has 0 aliphatic carbocycles. The van der Waals surface area contributed by atoms with Crippen molar-refractivity contribution in [1.29, 1.82) is 0 Å². The van der Waals surface area contributed by atoms with Crippen LogP contribution in [0.3, 0.4) is 0 Å². The van der Waals surface area contributed by atoms with Crippen molar-refractivity contribution >= 4 is 5.91 Å². The second kappa shape index (κ2) is 8.34. The number of methoxy groups -OCH3 is 4. The summed E-state index contributed by atoms with van der Waals surface area (Å²) in [5.74, 6) is 2.60. The highest BCUT2D eigenvalue weighted by molar-refractivity contribution is 5.94. The van der Waals surface area contributed by atoms with Crippen molar-refractivity contribution in [2.75, 3.05) is 28.4 Å². The van der Waals surface area contributed by atoms with Gasteiger partial charge in [0.25, 0.3) is 0 Å². The van der Waals surface area contributed by atoms with Crippen LogP contribution in [0.15, 0.2) is 24.3 Å². The second-order valence-electron chi connectivity index (χ2n) is 7.51. The smallest absolute Gasteiger partial charge is 0.235 e. The first kappa shape index (κ1) is 21.6. The van der Waals surface area contributed by atoms with Crippen LogP contribution in [0.4, 0.5) is 0 Å². The van der Waals surface area contributed by atoms with Crippen LogP contribution in [-0.2, 0) is 16.8 Å². The summed E-state index contributed by atoms with van der Waals surface area (Å²) in [6.07, 6.45) is -0.0459. The van der Waals surface area contributed by atoms with Crippen LogP contribution >= 0.6 is 0 Å². The predicted molar refractivity (Wildman–Crippen MR) is 113 cm³/mol. The summed E-state index contributed by atoms with van der Waals surface area (Å²) in [5, 5.41) is 3.01. The fourth-order valence-corrected chi connectivity index (χ4v) is 3.90. The van der Waals surface area contributed by atoms with Crippen molar-refractivity contribution in [3.8, 4) is 28.7 Å².